The van der Waals surface area contributed by atoms with E-state index in [9.17, 15) is 5.11 Å². The maximum absolute atomic E-state index is 9.18. The van der Waals surface area contributed by atoms with Gasteiger partial charge in [-0.15, -0.1) is 0 Å². The van der Waals surface area contributed by atoms with E-state index in [0.29, 0.717) is 23.4 Å². The molecule has 0 aromatic carbocycles. The SMILES string of the molecule is Oc1cc(-c2cnc(O[C@H]3C[C@@H](OCC4CCCC4)C3)cn2)on1. The molecule has 0 unspecified atom stereocenters. The zero-order chi connectivity index (χ0) is 16.4. The van der Waals surface area contributed by atoms with Crippen molar-refractivity contribution in [3.63, 3.8) is 0 Å². The van der Waals surface area contributed by atoms with Gasteiger partial charge in [0.15, 0.2) is 5.76 Å². The Morgan fingerprint density at radius 2 is 1.96 bits per heavy atom. The van der Waals surface area contributed by atoms with Gasteiger partial charge in [-0.3, -0.25) is 0 Å². The number of rotatable bonds is 6. The number of aromatic nitrogens is 3. The summed E-state index contributed by atoms with van der Waals surface area (Å²) < 4.78 is 16.7. The third-order valence-corrected chi connectivity index (χ3v) is 4.76. The van der Waals surface area contributed by atoms with Crippen LogP contribution in [-0.2, 0) is 4.74 Å². The second-order valence-electron chi connectivity index (χ2n) is 6.61. The van der Waals surface area contributed by atoms with Crippen LogP contribution in [0.25, 0.3) is 11.5 Å². The van der Waals surface area contributed by atoms with E-state index in [1.54, 1.807) is 12.4 Å². The van der Waals surface area contributed by atoms with E-state index < -0.39 is 0 Å². The molecule has 0 bridgehead atoms. The topological polar surface area (TPSA) is 90.5 Å². The Morgan fingerprint density at radius 3 is 2.62 bits per heavy atom. The summed E-state index contributed by atoms with van der Waals surface area (Å²) in [5.74, 6) is 1.45. The molecular formula is C17H21N3O4. The minimum atomic E-state index is -0.176. The minimum Gasteiger partial charge on any atom is -0.491 e. The fourth-order valence-electron chi connectivity index (χ4n) is 3.26. The van der Waals surface area contributed by atoms with Gasteiger partial charge in [-0.2, -0.15) is 0 Å². The Morgan fingerprint density at radius 1 is 1.12 bits per heavy atom. The third kappa shape index (κ3) is 3.51. The Labute approximate surface area is 140 Å². The van der Waals surface area contributed by atoms with Crippen molar-refractivity contribution in [2.24, 2.45) is 5.92 Å². The van der Waals surface area contributed by atoms with Crippen LogP contribution in [-0.4, -0.2) is 39.0 Å². The number of hydrogen-bond acceptors (Lipinski definition) is 7. The Bertz CT molecular complexity index is 661. The fraction of sp³-hybridized carbons (Fsp3) is 0.588. The molecule has 0 aliphatic heterocycles. The molecule has 0 amide bonds. The summed E-state index contributed by atoms with van der Waals surface area (Å²) in [5.41, 5.74) is 0.501. The normalized spacial score (nSPS) is 24.0. The lowest BCUT2D eigenvalue weighted by molar-refractivity contribution is -0.0717. The number of nitrogens with zero attached hydrogens (tertiary/aromatic N) is 3. The van der Waals surface area contributed by atoms with Gasteiger partial charge in [-0.05, 0) is 23.9 Å². The van der Waals surface area contributed by atoms with Crippen molar-refractivity contribution in [1.29, 1.82) is 0 Å². The summed E-state index contributed by atoms with van der Waals surface area (Å²) in [5, 5.41) is 12.6. The maximum atomic E-state index is 9.18. The molecule has 0 radical (unpaired) electrons. The predicted octanol–water partition coefficient (Wildman–Crippen LogP) is 2.95. The molecule has 2 aromatic rings. The van der Waals surface area contributed by atoms with Gasteiger partial charge in [0, 0.05) is 19.4 Å². The van der Waals surface area contributed by atoms with Crippen molar-refractivity contribution < 1.29 is 19.1 Å². The van der Waals surface area contributed by atoms with Crippen LogP contribution in [0.2, 0.25) is 0 Å². The molecule has 1 N–H and O–H groups in total. The summed E-state index contributed by atoms with van der Waals surface area (Å²) in [4.78, 5) is 8.44. The van der Waals surface area contributed by atoms with Gasteiger partial charge < -0.3 is 19.1 Å². The van der Waals surface area contributed by atoms with Crippen LogP contribution in [0.15, 0.2) is 23.0 Å². The summed E-state index contributed by atoms with van der Waals surface area (Å²) in [7, 11) is 0. The lowest BCUT2D eigenvalue weighted by Crippen LogP contribution is -2.40. The van der Waals surface area contributed by atoms with Gasteiger partial charge in [0.2, 0.25) is 5.88 Å². The molecule has 128 valence electrons. The lowest BCUT2D eigenvalue weighted by Gasteiger charge is -2.35. The van der Waals surface area contributed by atoms with Crippen molar-refractivity contribution >= 4 is 0 Å². The molecule has 7 heteroatoms. The molecule has 4 rings (SSSR count). The predicted molar refractivity (Wildman–Crippen MR) is 84.5 cm³/mol. The Hall–Kier alpha value is -2.15. The highest BCUT2D eigenvalue weighted by molar-refractivity contribution is 5.51. The van der Waals surface area contributed by atoms with Crippen LogP contribution in [0.1, 0.15) is 38.5 Å². The van der Waals surface area contributed by atoms with E-state index in [2.05, 4.69) is 15.1 Å². The largest absolute Gasteiger partial charge is 0.491 e. The molecule has 0 spiro atoms. The molecule has 2 fully saturated rings. The highest BCUT2D eigenvalue weighted by Gasteiger charge is 2.32. The molecule has 24 heavy (non-hydrogen) atoms. The highest BCUT2D eigenvalue weighted by atomic mass is 16.5. The maximum Gasteiger partial charge on any atom is 0.252 e. The number of hydrogen-bond donors (Lipinski definition) is 1. The van der Waals surface area contributed by atoms with Crippen LogP contribution >= 0.6 is 0 Å². The summed E-state index contributed by atoms with van der Waals surface area (Å²) in [6, 6.07) is 1.39. The second-order valence-corrected chi connectivity index (χ2v) is 6.61. The zero-order valence-electron chi connectivity index (χ0n) is 13.4. The number of aromatic hydroxyl groups is 1. The molecule has 0 atom stereocenters. The van der Waals surface area contributed by atoms with E-state index in [1.165, 1.54) is 31.7 Å². The monoisotopic (exact) mass is 331 g/mol. The van der Waals surface area contributed by atoms with E-state index >= 15 is 0 Å². The average Bonchev–Trinajstić information content (AvgIpc) is 3.21. The van der Waals surface area contributed by atoms with E-state index in [1.807, 2.05) is 0 Å². The summed E-state index contributed by atoms with van der Waals surface area (Å²) in [6.07, 6.45) is 10.7. The lowest BCUT2D eigenvalue weighted by atomic mass is 9.92. The highest BCUT2D eigenvalue weighted by Crippen LogP contribution is 2.31. The quantitative estimate of drug-likeness (QED) is 0.870. The van der Waals surface area contributed by atoms with Crippen LogP contribution in [0.5, 0.6) is 11.8 Å². The minimum absolute atomic E-state index is 0.146. The summed E-state index contributed by atoms with van der Waals surface area (Å²) in [6.45, 7) is 0.899. The molecule has 0 saturated heterocycles. The van der Waals surface area contributed by atoms with Crippen LogP contribution in [0.3, 0.4) is 0 Å². The molecule has 2 heterocycles. The van der Waals surface area contributed by atoms with E-state index in [-0.39, 0.29) is 12.0 Å². The molecule has 2 aromatic heterocycles. The van der Waals surface area contributed by atoms with Gasteiger partial charge in [-0.25, -0.2) is 9.97 Å². The van der Waals surface area contributed by atoms with Gasteiger partial charge >= 0.3 is 0 Å². The average molecular weight is 331 g/mol. The zero-order valence-corrected chi connectivity index (χ0v) is 13.4. The van der Waals surface area contributed by atoms with Crippen molar-refractivity contribution in [2.75, 3.05) is 6.61 Å². The van der Waals surface area contributed by atoms with Crippen molar-refractivity contribution in [1.82, 2.24) is 15.1 Å². The van der Waals surface area contributed by atoms with Crippen molar-refractivity contribution in [2.45, 2.75) is 50.7 Å². The fourth-order valence-corrected chi connectivity index (χ4v) is 3.26. The van der Waals surface area contributed by atoms with Crippen LogP contribution in [0, 0.1) is 5.92 Å². The molecular weight excluding hydrogens is 310 g/mol. The van der Waals surface area contributed by atoms with Crippen LogP contribution < -0.4 is 4.74 Å². The second kappa shape index (κ2) is 6.76. The van der Waals surface area contributed by atoms with Gasteiger partial charge in [0.1, 0.15) is 11.8 Å². The number of ether oxygens (including phenoxy) is 2. The molecule has 2 saturated carbocycles. The van der Waals surface area contributed by atoms with Crippen LogP contribution in [0.4, 0.5) is 0 Å². The first kappa shape index (κ1) is 15.4. The first-order chi connectivity index (χ1) is 11.8. The summed E-state index contributed by atoms with van der Waals surface area (Å²) >= 11 is 0. The van der Waals surface area contributed by atoms with Crippen molar-refractivity contribution in [3.8, 4) is 23.2 Å². The third-order valence-electron chi connectivity index (χ3n) is 4.76. The van der Waals surface area contributed by atoms with Crippen molar-refractivity contribution in [3.05, 3.63) is 18.5 Å². The van der Waals surface area contributed by atoms with Gasteiger partial charge in [0.05, 0.1) is 24.6 Å². The Kier molecular flexibility index (Phi) is 4.34. The standard InChI is InChI=1S/C17H21N3O4/c21-16-7-15(24-20-16)14-8-19-17(9-18-14)23-13-5-12(6-13)22-10-11-3-1-2-4-11/h7-9,11-13H,1-6,10H2,(H,20,21)/t12-,13+. The molecule has 7 nitrogen and oxygen atoms in total. The first-order valence-electron chi connectivity index (χ1n) is 8.52. The van der Waals surface area contributed by atoms with Gasteiger partial charge in [0.25, 0.3) is 5.88 Å². The van der Waals surface area contributed by atoms with Gasteiger partial charge in [-0.1, -0.05) is 12.8 Å². The van der Waals surface area contributed by atoms with E-state index in [4.69, 9.17) is 14.0 Å². The molecule has 2 aliphatic carbocycles. The Balaban J connectivity index is 1.22. The smallest absolute Gasteiger partial charge is 0.252 e. The molecule has 2 aliphatic rings. The van der Waals surface area contributed by atoms with E-state index in [0.717, 1.165) is 25.4 Å². The first-order valence-corrected chi connectivity index (χ1v) is 8.52.